The smallest absolute Gasteiger partial charge is 0.269 e. The third kappa shape index (κ3) is 2.11. The van der Waals surface area contributed by atoms with Crippen molar-refractivity contribution in [1.29, 1.82) is 0 Å². The monoisotopic (exact) mass is 178 g/mol. The molecule has 0 unspecified atom stereocenters. The summed E-state index contributed by atoms with van der Waals surface area (Å²) < 4.78 is 0. The molecule has 68 valence electrons. The van der Waals surface area contributed by atoms with Crippen molar-refractivity contribution in [1.82, 2.24) is 0 Å². The van der Waals surface area contributed by atoms with Crippen LogP contribution in [0.1, 0.15) is 12.5 Å². The Morgan fingerprint density at radius 2 is 1.92 bits per heavy atom. The third-order valence-electron chi connectivity index (χ3n) is 1.83. The van der Waals surface area contributed by atoms with Gasteiger partial charge in [0.25, 0.3) is 5.69 Å². The van der Waals surface area contributed by atoms with Gasteiger partial charge in [0.05, 0.1) is 4.92 Å². The summed E-state index contributed by atoms with van der Waals surface area (Å²) in [6.07, 6.45) is 0. The van der Waals surface area contributed by atoms with Gasteiger partial charge in [-0.2, -0.15) is 0 Å². The van der Waals surface area contributed by atoms with Crippen molar-refractivity contribution in [3.63, 3.8) is 0 Å². The third-order valence-corrected chi connectivity index (χ3v) is 1.83. The lowest BCUT2D eigenvalue weighted by Gasteiger charge is -1.97. The summed E-state index contributed by atoms with van der Waals surface area (Å²) in [6.45, 7) is 1.86. The zero-order valence-corrected chi connectivity index (χ0v) is 7.52. The van der Waals surface area contributed by atoms with Gasteiger partial charge in [0.2, 0.25) is 0 Å². The van der Waals surface area contributed by atoms with Crippen LogP contribution in [-0.4, -0.2) is 17.7 Å². The summed E-state index contributed by atoms with van der Waals surface area (Å²) in [4.78, 5) is 13.9. The predicted octanol–water partition coefficient (Wildman–Crippen LogP) is 2.03. The molecule has 0 saturated carbocycles. The lowest BCUT2D eigenvalue weighted by Crippen LogP contribution is -1.94. The molecule has 0 atom stereocenters. The lowest BCUT2D eigenvalue weighted by atomic mass is 10.1. The normalized spacial score (nSPS) is 11.4. The molecule has 0 aliphatic heterocycles. The van der Waals surface area contributed by atoms with Crippen LogP contribution in [0.2, 0.25) is 0 Å². The number of nitro groups is 1. The molecule has 0 spiro atoms. The van der Waals surface area contributed by atoms with Crippen molar-refractivity contribution in [3.8, 4) is 0 Å². The Kier molecular flexibility index (Phi) is 2.74. The Labute approximate surface area is 76.1 Å². The van der Waals surface area contributed by atoms with Crippen molar-refractivity contribution in [2.75, 3.05) is 7.05 Å². The summed E-state index contributed by atoms with van der Waals surface area (Å²) >= 11 is 0. The molecule has 0 aliphatic carbocycles. The fourth-order valence-corrected chi connectivity index (χ4v) is 0.953. The number of nitrogens with zero attached hydrogens (tertiary/aromatic N) is 2. The average Bonchev–Trinajstić information content (AvgIpc) is 2.17. The van der Waals surface area contributed by atoms with E-state index in [0.717, 1.165) is 11.3 Å². The summed E-state index contributed by atoms with van der Waals surface area (Å²) in [5.74, 6) is 0. The molecule has 0 bridgehead atoms. The van der Waals surface area contributed by atoms with E-state index in [-0.39, 0.29) is 5.69 Å². The van der Waals surface area contributed by atoms with Gasteiger partial charge in [0.15, 0.2) is 0 Å². The van der Waals surface area contributed by atoms with E-state index >= 15 is 0 Å². The molecular formula is C9H10N2O2. The number of non-ortho nitro benzene ring substituents is 1. The van der Waals surface area contributed by atoms with Gasteiger partial charge < -0.3 is 0 Å². The van der Waals surface area contributed by atoms with Crippen LogP contribution in [0.4, 0.5) is 5.69 Å². The van der Waals surface area contributed by atoms with Gasteiger partial charge in [-0.05, 0) is 24.6 Å². The zero-order valence-electron chi connectivity index (χ0n) is 7.52. The van der Waals surface area contributed by atoms with Crippen molar-refractivity contribution in [2.24, 2.45) is 4.99 Å². The van der Waals surface area contributed by atoms with E-state index in [4.69, 9.17) is 0 Å². The highest BCUT2D eigenvalue weighted by Gasteiger charge is 2.04. The van der Waals surface area contributed by atoms with E-state index in [2.05, 4.69) is 4.99 Å². The first-order valence-corrected chi connectivity index (χ1v) is 3.83. The Morgan fingerprint density at radius 3 is 2.31 bits per heavy atom. The van der Waals surface area contributed by atoms with Crippen molar-refractivity contribution >= 4 is 11.4 Å². The van der Waals surface area contributed by atoms with Gasteiger partial charge in [-0.15, -0.1) is 0 Å². The second-order valence-electron chi connectivity index (χ2n) is 2.61. The lowest BCUT2D eigenvalue weighted by molar-refractivity contribution is -0.384. The number of benzene rings is 1. The minimum atomic E-state index is -0.414. The molecule has 1 aromatic carbocycles. The molecule has 0 radical (unpaired) electrons. The minimum absolute atomic E-state index is 0.104. The highest BCUT2D eigenvalue weighted by Crippen LogP contribution is 2.12. The van der Waals surface area contributed by atoms with Crippen molar-refractivity contribution in [3.05, 3.63) is 39.9 Å². The molecule has 0 amide bonds. The summed E-state index contributed by atoms with van der Waals surface area (Å²) in [7, 11) is 1.69. The molecule has 1 rings (SSSR count). The van der Waals surface area contributed by atoms with Crippen LogP contribution in [0.5, 0.6) is 0 Å². The second kappa shape index (κ2) is 3.80. The standard InChI is InChI=1S/C9H10N2O2/c1-7(10-2)8-3-5-9(6-4-8)11(12)13/h3-6H,1-2H3/b10-7+. The van der Waals surface area contributed by atoms with Crippen LogP contribution in [0.25, 0.3) is 0 Å². The summed E-state index contributed by atoms with van der Waals surface area (Å²) in [5.41, 5.74) is 1.88. The number of rotatable bonds is 2. The molecule has 13 heavy (non-hydrogen) atoms. The Hall–Kier alpha value is -1.71. The summed E-state index contributed by atoms with van der Waals surface area (Å²) in [6, 6.07) is 6.34. The molecule has 0 saturated heterocycles. The van der Waals surface area contributed by atoms with E-state index in [1.807, 2.05) is 6.92 Å². The topological polar surface area (TPSA) is 55.5 Å². The number of hydrogen-bond acceptors (Lipinski definition) is 3. The predicted molar refractivity (Wildman–Crippen MR) is 51.2 cm³/mol. The maximum atomic E-state index is 10.3. The largest absolute Gasteiger partial charge is 0.293 e. The maximum Gasteiger partial charge on any atom is 0.269 e. The number of nitro benzene ring substituents is 1. The van der Waals surface area contributed by atoms with Crippen LogP contribution >= 0.6 is 0 Å². The summed E-state index contributed by atoms with van der Waals surface area (Å²) in [5, 5.41) is 10.3. The van der Waals surface area contributed by atoms with Gasteiger partial charge in [-0.3, -0.25) is 15.1 Å². The molecule has 0 aromatic heterocycles. The molecule has 0 heterocycles. The molecule has 0 N–H and O–H groups in total. The van der Waals surface area contributed by atoms with Crippen LogP contribution in [-0.2, 0) is 0 Å². The fourth-order valence-electron chi connectivity index (χ4n) is 0.953. The number of aliphatic imine (C=N–C) groups is 1. The molecule has 1 aromatic rings. The van der Waals surface area contributed by atoms with E-state index < -0.39 is 4.92 Å². The quantitative estimate of drug-likeness (QED) is 0.395. The second-order valence-corrected chi connectivity index (χ2v) is 2.61. The molecule has 4 nitrogen and oxygen atoms in total. The first-order chi connectivity index (χ1) is 6.15. The van der Waals surface area contributed by atoms with Crippen LogP contribution < -0.4 is 0 Å². The minimum Gasteiger partial charge on any atom is -0.293 e. The Balaban J connectivity index is 3.00. The van der Waals surface area contributed by atoms with Crippen LogP contribution in [0, 0.1) is 10.1 Å². The van der Waals surface area contributed by atoms with Gasteiger partial charge in [-0.1, -0.05) is 0 Å². The maximum absolute atomic E-state index is 10.3. The first kappa shape index (κ1) is 9.38. The SMILES string of the molecule is C/N=C(\C)c1ccc([N+](=O)[O-])cc1. The highest BCUT2D eigenvalue weighted by molar-refractivity contribution is 5.98. The van der Waals surface area contributed by atoms with Crippen LogP contribution in [0.3, 0.4) is 0 Å². The van der Waals surface area contributed by atoms with Crippen molar-refractivity contribution in [2.45, 2.75) is 6.92 Å². The van der Waals surface area contributed by atoms with E-state index in [1.165, 1.54) is 12.1 Å². The first-order valence-electron chi connectivity index (χ1n) is 3.83. The number of hydrogen-bond donors (Lipinski definition) is 0. The molecule has 4 heteroatoms. The van der Waals surface area contributed by atoms with E-state index in [0.29, 0.717) is 0 Å². The Bertz CT molecular complexity index is 341. The van der Waals surface area contributed by atoms with Gasteiger partial charge in [-0.25, -0.2) is 0 Å². The molecule has 0 fully saturated rings. The van der Waals surface area contributed by atoms with Crippen molar-refractivity contribution < 1.29 is 4.92 Å². The van der Waals surface area contributed by atoms with E-state index in [1.54, 1.807) is 19.2 Å². The fraction of sp³-hybridized carbons (Fsp3) is 0.222. The zero-order chi connectivity index (χ0) is 9.84. The highest BCUT2D eigenvalue weighted by atomic mass is 16.6. The molecular weight excluding hydrogens is 168 g/mol. The van der Waals surface area contributed by atoms with Gasteiger partial charge >= 0.3 is 0 Å². The Morgan fingerprint density at radius 1 is 1.38 bits per heavy atom. The van der Waals surface area contributed by atoms with Gasteiger partial charge in [0.1, 0.15) is 0 Å². The average molecular weight is 178 g/mol. The van der Waals surface area contributed by atoms with E-state index in [9.17, 15) is 10.1 Å². The molecule has 0 aliphatic rings. The van der Waals surface area contributed by atoms with Gasteiger partial charge in [0, 0.05) is 24.9 Å². The van der Waals surface area contributed by atoms with Crippen LogP contribution in [0.15, 0.2) is 29.3 Å².